The van der Waals surface area contributed by atoms with Gasteiger partial charge in [-0.05, 0) is 31.1 Å². The highest BCUT2D eigenvalue weighted by molar-refractivity contribution is 4.84. The summed E-state index contributed by atoms with van der Waals surface area (Å²) in [4.78, 5) is 2.37. The standard InChI is InChI=1S/C14H28F2N2O/c1-11(2)8-18-9-12(4-3-5-19)6-13(10-18)17-7-14(15)16/h11-14,17,19H,3-10H2,1-2H3. The molecule has 1 rings (SSSR count). The lowest BCUT2D eigenvalue weighted by Crippen LogP contribution is -2.51. The van der Waals surface area contributed by atoms with E-state index in [1.54, 1.807) is 0 Å². The zero-order chi connectivity index (χ0) is 14.3. The average Bonchev–Trinajstić information content (AvgIpc) is 2.33. The second-order valence-electron chi connectivity index (χ2n) is 6.08. The second kappa shape index (κ2) is 8.82. The normalized spacial score (nSPS) is 25.4. The molecule has 2 N–H and O–H groups in total. The molecule has 1 heterocycles. The molecular weight excluding hydrogens is 250 g/mol. The minimum atomic E-state index is -2.28. The molecule has 1 fully saturated rings. The Hall–Kier alpha value is -0.260. The number of hydrogen-bond acceptors (Lipinski definition) is 3. The summed E-state index contributed by atoms with van der Waals surface area (Å²) in [5.41, 5.74) is 0. The molecule has 0 amide bonds. The Morgan fingerprint density at radius 2 is 2.05 bits per heavy atom. The first kappa shape index (κ1) is 16.8. The summed E-state index contributed by atoms with van der Waals surface area (Å²) in [5.74, 6) is 1.10. The van der Waals surface area contributed by atoms with Crippen LogP contribution in [0.3, 0.4) is 0 Å². The van der Waals surface area contributed by atoms with E-state index < -0.39 is 6.43 Å². The van der Waals surface area contributed by atoms with Gasteiger partial charge < -0.3 is 15.3 Å². The predicted molar refractivity (Wildman–Crippen MR) is 73.5 cm³/mol. The summed E-state index contributed by atoms with van der Waals surface area (Å²) >= 11 is 0. The third-order valence-electron chi connectivity index (χ3n) is 3.57. The predicted octanol–water partition coefficient (Wildman–Crippen LogP) is 1.96. The van der Waals surface area contributed by atoms with Gasteiger partial charge in [-0.15, -0.1) is 0 Å². The first-order valence-electron chi connectivity index (χ1n) is 7.36. The fourth-order valence-electron chi connectivity index (χ4n) is 2.96. The SMILES string of the molecule is CC(C)CN1CC(CCCO)CC(NCC(F)F)C1. The molecule has 1 saturated heterocycles. The van der Waals surface area contributed by atoms with Crippen molar-refractivity contribution in [1.29, 1.82) is 0 Å². The third-order valence-corrected chi connectivity index (χ3v) is 3.57. The van der Waals surface area contributed by atoms with Crippen molar-refractivity contribution in [2.24, 2.45) is 11.8 Å². The van der Waals surface area contributed by atoms with E-state index in [2.05, 4.69) is 24.1 Å². The summed E-state index contributed by atoms with van der Waals surface area (Å²) in [6, 6.07) is 0.158. The van der Waals surface area contributed by atoms with Gasteiger partial charge in [-0.1, -0.05) is 13.8 Å². The molecule has 0 aromatic carbocycles. The number of nitrogens with one attached hydrogen (secondary N) is 1. The Morgan fingerprint density at radius 1 is 1.32 bits per heavy atom. The van der Waals surface area contributed by atoms with Crippen LogP contribution < -0.4 is 5.32 Å². The van der Waals surface area contributed by atoms with E-state index in [1.165, 1.54) is 0 Å². The fourth-order valence-corrected chi connectivity index (χ4v) is 2.96. The van der Waals surface area contributed by atoms with E-state index in [-0.39, 0.29) is 19.2 Å². The topological polar surface area (TPSA) is 35.5 Å². The van der Waals surface area contributed by atoms with Gasteiger partial charge in [-0.25, -0.2) is 8.78 Å². The summed E-state index contributed by atoms with van der Waals surface area (Å²) in [6.07, 6.45) is 0.456. The summed E-state index contributed by atoms with van der Waals surface area (Å²) in [6.45, 7) is 7.27. The second-order valence-corrected chi connectivity index (χ2v) is 6.08. The maximum absolute atomic E-state index is 12.3. The highest BCUT2D eigenvalue weighted by Gasteiger charge is 2.27. The van der Waals surface area contributed by atoms with Crippen LogP contribution >= 0.6 is 0 Å². The fraction of sp³-hybridized carbons (Fsp3) is 1.00. The molecule has 114 valence electrons. The van der Waals surface area contributed by atoms with E-state index in [0.29, 0.717) is 11.8 Å². The van der Waals surface area contributed by atoms with E-state index in [9.17, 15) is 8.78 Å². The van der Waals surface area contributed by atoms with Gasteiger partial charge in [0.25, 0.3) is 6.43 Å². The lowest BCUT2D eigenvalue weighted by atomic mass is 9.90. The van der Waals surface area contributed by atoms with Crippen molar-refractivity contribution in [2.75, 3.05) is 32.8 Å². The molecule has 0 radical (unpaired) electrons. The van der Waals surface area contributed by atoms with Gasteiger partial charge in [0.15, 0.2) is 0 Å². The Labute approximate surface area is 115 Å². The zero-order valence-electron chi connectivity index (χ0n) is 12.1. The number of likely N-dealkylation sites (tertiary alicyclic amines) is 1. The molecule has 2 atom stereocenters. The molecule has 2 unspecified atom stereocenters. The van der Waals surface area contributed by atoms with E-state index >= 15 is 0 Å². The van der Waals surface area contributed by atoms with Crippen LogP contribution in [0.2, 0.25) is 0 Å². The van der Waals surface area contributed by atoms with Gasteiger partial charge in [0.05, 0.1) is 6.54 Å². The molecule has 0 aliphatic carbocycles. The highest BCUT2D eigenvalue weighted by atomic mass is 19.3. The van der Waals surface area contributed by atoms with Crippen LogP contribution in [0.1, 0.15) is 33.1 Å². The Balaban J connectivity index is 2.45. The molecule has 1 aliphatic heterocycles. The monoisotopic (exact) mass is 278 g/mol. The maximum atomic E-state index is 12.3. The van der Waals surface area contributed by atoms with Crippen LogP contribution in [-0.2, 0) is 0 Å². The van der Waals surface area contributed by atoms with Crippen molar-refractivity contribution >= 4 is 0 Å². The first-order valence-corrected chi connectivity index (χ1v) is 7.36. The Bertz CT molecular complexity index is 239. The summed E-state index contributed by atoms with van der Waals surface area (Å²) in [7, 11) is 0. The largest absolute Gasteiger partial charge is 0.396 e. The molecule has 1 aliphatic rings. The maximum Gasteiger partial charge on any atom is 0.250 e. The number of piperidine rings is 1. The molecule has 0 spiro atoms. The van der Waals surface area contributed by atoms with Gasteiger partial charge in [0.2, 0.25) is 0 Å². The van der Waals surface area contributed by atoms with Crippen molar-refractivity contribution in [3.63, 3.8) is 0 Å². The molecule has 0 aromatic rings. The molecule has 0 aromatic heterocycles. The van der Waals surface area contributed by atoms with E-state index in [0.717, 1.165) is 38.9 Å². The lowest BCUT2D eigenvalue weighted by Gasteiger charge is -2.39. The van der Waals surface area contributed by atoms with Crippen LogP contribution in [0.25, 0.3) is 0 Å². The number of hydrogen-bond donors (Lipinski definition) is 2. The van der Waals surface area contributed by atoms with Gasteiger partial charge >= 0.3 is 0 Å². The average molecular weight is 278 g/mol. The number of alkyl halides is 2. The number of aliphatic hydroxyl groups is 1. The van der Waals surface area contributed by atoms with Crippen molar-refractivity contribution < 1.29 is 13.9 Å². The van der Waals surface area contributed by atoms with E-state index in [4.69, 9.17) is 5.11 Å². The van der Waals surface area contributed by atoms with Crippen LogP contribution in [0.4, 0.5) is 8.78 Å². The molecule has 0 bridgehead atoms. The minimum absolute atomic E-state index is 0.158. The number of aliphatic hydroxyl groups excluding tert-OH is 1. The molecule has 19 heavy (non-hydrogen) atoms. The van der Waals surface area contributed by atoms with Gasteiger partial charge in [0.1, 0.15) is 0 Å². The lowest BCUT2D eigenvalue weighted by molar-refractivity contribution is 0.0976. The number of nitrogens with zero attached hydrogens (tertiary/aromatic N) is 1. The van der Waals surface area contributed by atoms with Crippen LogP contribution in [0, 0.1) is 11.8 Å². The third kappa shape index (κ3) is 7.18. The first-order chi connectivity index (χ1) is 9.01. The smallest absolute Gasteiger partial charge is 0.250 e. The van der Waals surface area contributed by atoms with Crippen LogP contribution in [0.5, 0.6) is 0 Å². The van der Waals surface area contributed by atoms with Crippen molar-refractivity contribution in [3.8, 4) is 0 Å². The van der Waals surface area contributed by atoms with Crippen LogP contribution in [-0.4, -0.2) is 55.3 Å². The molecule has 0 saturated carbocycles. The van der Waals surface area contributed by atoms with Crippen LogP contribution in [0.15, 0.2) is 0 Å². The van der Waals surface area contributed by atoms with Gasteiger partial charge in [0, 0.05) is 32.3 Å². The van der Waals surface area contributed by atoms with Crippen molar-refractivity contribution in [2.45, 2.75) is 45.6 Å². The summed E-state index contributed by atoms with van der Waals surface area (Å²) in [5, 5.41) is 11.9. The molecule has 5 heteroatoms. The molecular formula is C14H28F2N2O. The Morgan fingerprint density at radius 3 is 2.63 bits per heavy atom. The van der Waals surface area contributed by atoms with Crippen molar-refractivity contribution in [1.82, 2.24) is 10.2 Å². The van der Waals surface area contributed by atoms with Gasteiger partial charge in [-0.3, -0.25) is 0 Å². The summed E-state index contributed by atoms with van der Waals surface area (Å²) < 4.78 is 24.6. The number of rotatable bonds is 8. The highest BCUT2D eigenvalue weighted by Crippen LogP contribution is 2.22. The van der Waals surface area contributed by atoms with E-state index in [1.807, 2.05) is 0 Å². The molecule has 3 nitrogen and oxygen atoms in total. The quantitative estimate of drug-likeness (QED) is 0.712. The zero-order valence-corrected chi connectivity index (χ0v) is 12.1. The Kier molecular flexibility index (Phi) is 7.80. The van der Waals surface area contributed by atoms with Gasteiger partial charge in [-0.2, -0.15) is 0 Å². The van der Waals surface area contributed by atoms with Crippen molar-refractivity contribution in [3.05, 3.63) is 0 Å². The number of halogens is 2. The minimum Gasteiger partial charge on any atom is -0.396 e.